The first-order valence-corrected chi connectivity index (χ1v) is 15.7. The van der Waals surface area contributed by atoms with Gasteiger partial charge in [0.15, 0.2) is 0 Å². The van der Waals surface area contributed by atoms with E-state index in [9.17, 15) is 4.79 Å². The predicted octanol–water partition coefficient (Wildman–Crippen LogP) is 5.74. The fourth-order valence-electron chi connectivity index (χ4n) is 2.83. The third kappa shape index (κ3) is 6.58. The van der Waals surface area contributed by atoms with Crippen LogP contribution in [0.3, 0.4) is 0 Å². The van der Waals surface area contributed by atoms with Crippen molar-refractivity contribution in [3.63, 3.8) is 0 Å². The summed E-state index contributed by atoms with van der Waals surface area (Å²) in [6.45, 7) is 8.95. The molecule has 0 saturated carbocycles. The Bertz CT molecular complexity index is 191. The summed E-state index contributed by atoms with van der Waals surface area (Å²) in [4.78, 5) is 12.7. The normalized spacial score (nSPS) is 11.8. The van der Waals surface area contributed by atoms with Gasteiger partial charge >= 0.3 is 119 Å². The minimum atomic E-state index is -2.47. The van der Waals surface area contributed by atoms with Gasteiger partial charge in [-0.1, -0.05) is 0 Å². The molecule has 0 N–H and O–H groups in total. The molecule has 0 aromatic heterocycles. The van der Waals surface area contributed by atoms with Gasteiger partial charge in [0, 0.05) is 0 Å². The summed E-state index contributed by atoms with van der Waals surface area (Å²) in [5, 5.41) is 0. The molecule has 0 fully saturated rings. The van der Waals surface area contributed by atoms with E-state index in [0.717, 1.165) is 16.6 Å². The summed E-state index contributed by atoms with van der Waals surface area (Å²) in [6.07, 6.45) is 9.63. The fourth-order valence-corrected chi connectivity index (χ4v) is 18.4. The maximum absolute atomic E-state index is 12.7. The van der Waals surface area contributed by atoms with Crippen molar-refractivity contribution < 1.29 is 4.79 Å². The van der Waals surface area contributed by atoms with Crippen molar-refractivity contribution >= 4 is 22.2 Å². The van der Waals surface area contributed by atoms with E-state index in [-0.39, 0.29) is 0 Å². The van der Waals surface area contributed by atoms with Crippen LogP contribution in [-0.4, -0.2) is 22.2 Å². The Balaban J connectivity index is 4.78. The van der Waals surface area contributed by atoms with E-state index in [1.54, 1.807) is 0 Å². The van der Waals surface area contributed by atoms with Gasteiger partial charge < -0.3 is 0 Å². The van der Waals surface area contributed by atoms with E-state index in [2.05, 4.69) is 27.7 Å². The van der Waals surface area contributed by atoms with Crippen molar-refractivity contribution in [2.24, 2.45) is 0 Å². The Kier molecular flexibility index (Phi) is 11.6. The van der Waals surface area contributed by atoms with Gasteiger partial charge in [-0.25, -0.2) is 0 Å². The minimum absolute atomic E-state index is 0.766. The molecule has 0 unspecified atom stereocenters. The topological polar surface area (TPSA) is 17.1 Å². The first kappa shape index (κ1) is 18.5. The van der Waals surface area contributed by atoms with Crippen molar-refractivity contribution in [3.8, 4) is 0 Å². The Morgan fingerprint density at radius 1 is 0.722 bits per heavy atom. The van der Waals surface area contributed by atoms with Crippen LogP contribution in [0.4, 0.5) is 0 Å². The average molecular weight is 361 g/mol. The molecule has 0 amide bonds. The van der Waals surface area contributed by atoms with Crippen molar-refractivity contribution in [3.05, 3.63) is 0 Å². The quantitative estimate of drug-likeness (QED) is 0.405. The Labute approximate surface area is 119 Å². The summed E-state index contributed by atoms with van der Waals surface area (Å²) >= 11 is -2.47. The molecule has 0 atom stereocenters. The second-order valence-corrected chi connectivity index (χ2v) is 18.9. The average Bonchev–Trinajstić information content (AvgIpc) is 2.38. The fraction of sp³-hybridized carbons (Fsp3) is 0.938. The molecule has 0 aliphatic heterocycles. The Morgan fingerprint density at radius 3 is 1.39 bits per heavy atom. The zero-order valence-corrected chi connectivity index (χ0v) is 16.0. The molecule has 0 aromatic rings. The number of hydrogen-bond donors (Lipinski definition) is 0. The van der Waals surface area contributed by atoms with E-state index in [1.807, 2.05) is 0 Å². The molecular weight excluding hydrogens is 327 g/mol. The van der Waals surface area contributed by atoms with Crippen LogP contribution < -0.4 is 0 Å². The van der Waals surface area contributed by atoms with Crippen LogP contribution in [0, 0.1) is 0 Å². The summed E-state index contributed by atoms with van der Waals surface area (Å²) in [5.41, 5.74) is 0. The second-order valence-electron chi connectivity index (χ2n) is 5.76. The monoisotopic (exact) mass is 362 g/mol. The Morgan fingerprint density at radius 2 is 1.11 bits per heavy atom. The van der Waals surface area contributed by atoms with Crippen LogP contribution >= 0.6 is 0 Å². The zero-order chi connectivity index (χ0) is 13.9. The van der Waals surface area contributed by atoms with Crippen LogP contribution in [0.15, 0.2) is 0 Å². The van der Waals surface area contributed by atoms with Gasteiger partial charge in [-0.3, -0.25) is 0 Å². The number of hydrogen-bond acceptors (Lipinski definition) is 1. The zero-order valence-electron chi connectivity index (χ0n) is 13.2. The molecular formula is C16H34OSn. The summed E-state index contributed by atoms with van der Waals surface area (Å²) in [5.74, 6) is 0. The first-order chi connectivity index (χ1) is 8.66. The molecule has 0 heterocycles. The number of carbonyl (C=O) groups is 1. The molecule has 0 rings (SSSR count). The van der Waals surface area contributed by atoms with E-state index in [0.29, 0.717) is 0 Å². The Hall–Kier alpha value is 0.469. The summed E-state index contributed by atoms with van der Waals surface area (Å²) in [6, 6.07) is 0. The van der Waals surface area contributed by atoms with Crippen molar-refractivity contribution in [1.29, 1.82) is 0 Å². The molecule has 0 spiro atoms. The van der Waals surface area contributed by atoms with Gasteiger partial charge in [-0.15, -0.1) is 0 Å². The molecule has 1 nitrogen and oxygen atoms in total. The van der Waals surface area contributed by atoms with Gasteiger partial charge in [0.25, 0.3) is 0 Å². The molecule has 0 aromatic carbocycles. The molecule has 0 radical (unpaired) electrons. The standard InChI is InChI=1S/C4H7O.3C4H9.Sn/c1-2-3-4-5;3*1-3-4-2;/h2-3H2,1H3;3*1,3-4H2,2H3;. The van der Waals surface area contributed by atoms with Crippen LogP contribution in [-0.2, 0) is 4.79 Å². The van der Waals surface area contributed by atoms with Crippen molar-refractivity contribution in [1.82, 2.24) is 0 Å². The SMILES string of the molecule is CCC[CH2][Sn]([CH2]CCC)([CH2]CCC)[C](=O)CCC. The summed E-state index contributed by atoms with van der Waals surface area (Å²) < 4.78 is 4.78. The molecule has 0 aliphatic carbocycles. The molecule has 108 valence electrons. The number of rotatable bonds is 12. The van der Waals surface area contributed by atoms with Gasteiger partial charge in [-0.05, 0) is 0 Å². The van der Waals surface area contributed by atoms with E-state index in [1.165, 1.54) is 51.8 Å². The third-order valence-corrected chi connectivity index (χ3v) is 19.4. The number of unbranched alkanes of at least 4 members (excludes halogenated alkanes) is 3. The van der Waals surface area contributed by atoms with Crippen LogP contribution in [0.25, 0.3) is 0 Å². The second kappa shape index (κ2) is 11.3. The first-order valence-electron chi connectivity index (χ1n) is 8.20. The summed E-state index contributed by atoms with van der Waals surface area (Å²) in [7, 11) is 0. The van der Waals surface area contributed by atoms with Crippen LogP contribution in [0.5, 0.6) is 0 Å². The van der Waals surface area contributed by atoms with Gasteiger partial charge in [0.2, 0.25) is 0 Å². The maximum atomic E-state index is 12.7. The van der Waals surface area contributed by atoms with Crippen molar-refractivity contribution in [2.45, 2.75) is 92.4 Å². The number of carbonyl (C=O) groups excluding carboxylic acids is 1. The van der Waals surface area contributed by atoms with E-state index < -0.39 is 18.4 Å². The van der Waals surface area contributed by atoms with Gasteiger partial charge in [0.1, 0.15) is 0 Å². The third-order valence-electron chi connectivity index (χ3n) is 4.10. The van der Waals surface area contributed by atoms with Crippen molar-refractivity contribution in [2.75, 3.05) is 0 Å². The van der Waals surface area contributed by atoms with Crippen LogP contribution in [0.1, 0.15) is 79.1 Å². The van der Waals surface area contributed by atoms with E-state index >= 15 is 0 Å². The molecule has 2 heteroatoms. The van der Waals surface area contributed by atoms with E-state index in [4.69, 9.17) is 0 Å². The molecule has 18 heavy (non-hydrogen) atoms. The molecule has 0 saturated heterocycles. The van der Waals surface area contributed by atoms with Gasteiger partial charge in [-0.2, -0.15) is 0 Å². The van der Waals surface area contributed by atoms with Crippen LogP contribution in [0.2, 0.25) is 13.3 Å². The molecule has 0 aliphatic rings. The van der Waals surface area contributed by atoms with Gasteiger partial charge in [0.05, 0.1) is 0 Å². The molecule has 0 bridgehead atoms. The predicted molar refractivity (Wildman–Crippen MR) is 84.8 cm³/mol.